The Labute approximate surface area is 112 Å². The molecule has 0 saturated heterocycles. The van der Waals surface area contributed by atoms with Gasteiger partial charge < -0.3 is 4.43 Å². The molecule has 0 amide bonds. The average molecular weight is 258 g/mol. The van der Waals surface area contributed by atoms with E-state index in [1.54, 1.807) is 0 Å². The highest BCUT2D eigenvalue weighted by Gasteiger charge is 2.28. The summed E-state index contributed by atoms with van der Waals surface area (Å²) in [4.78, 5) is 0. The molecule has 0 radical (unpaired) electrons. The van der Waals surface area contributed by atoms with Crippen LogP contribution in [0.1, 0.15) is 19.4 Å². The van der Waals surface area contributed by atoms with Gasteiger partial charge >= 0.3 is 0 Å². The molecule has 0 aliphatic rings. The van der Waals surface area contributed by atoms with Gasteiger partial charge in [0, 0.05) is 5.56 Å². The van der Waals surface area contributed by atoms with Crippen LogP contribution in [-0.4, -0.2) is 13.9 Å². The smallest absolute Gasteiger partial charge is 0.192 e. The van der Waals surface area contributed by atoms with Crippen molar-refractivity contribution >= 4 is 8.32 Å². The molecule has 1 aromatic carbocycles. The summed E-state index contributed by atoms with van der Waals surface area (Å²) in [5.74, 6) is 6.39. The molecule has 1 rings (SSSR count). The summed E-state index contributed by atoms with van der Waals surface area (Å²) in [6.45, 7) is 12.2. The monoisotopic (exact) mass is 258 g/mol. The SMILES string of the molecule is C=CC[Si](C)(C)OC(C)(C)C#Cc1ccccc1. The van der Waals surface area contributed by atoms with E-state index >= 15 is 0 Å². The molecule has 0 spiro atoms. The topological polar surface area (TPSA) is 9.23 Å². The second-order valence-electron chi connectivity index (χ2n) is 5.48. The van der Waals surface area contributed by atoms with Gasteiger partial charge in [0.25, 0.3) is 0 Å². The van der Waals surface area contributed by atoms with E-state index in [-0.39, 0.29) is 0 Å². The zero-order chi connectivity index (χ0) is 13.6. The predicted octanol–water partition coefficient (Wildman–Crippen LogP) is 4.22. The van der Waals surface area contributed by atoms with E-state index in [1.807, 2.05) is 50.3 Å². The maximum Gasteiger partial charge on any atom is 0.192 e. The van der Waals surface area contributed by atoms with Gasteiger partial charge in [0.2, 0.25) is 0 Å². The van der Waals surface area contributed by atoms with Gasteiger partial charge in [0.15, 0.2) is 8.32 Å². The lowest BCUT2D eigenvalue weighted by molar-refractivity contribution is 0.162. The van der Waals surface area contributed by atoms with E-state index in [2.05, 4.69) is 31.5 Å². The van der Waals surface area contributed by atoms with Crippen molar-refractivity contribution in [2.45, 2.75) is 38.6 Å². The van der Waals surface area contributed by atoms with Crippen LogP contribution < -0.4 is 0 Å². The maximum atomic E-state index is 6.18. The molecule has 0 heterocycles. The van der Waals surface area contributed by atoms with Gasteiger partial charge in [0.1, 0.15) is 5.60 Å². The largest absolute Gasteiger partial charge is 0.401 e. The Kier molecular flexibility index (Phi) is 4.95. The van der Waals surface area contributed by atoms with Crippen molar-refractivity contribution in [1.29, 1.82) is 0 Å². The third-order valence-electron chi connectivity index (χ3n) is 2.45. The van der Waals surface area contributed by atoms with E-state index in [0.29, 0.717) is 0 Å². The van der Waals surface area contributed by atoms with Crippen molar-refractivity contribution in [2.75, 3.05) is 0 Å². The Morgan fingerprint density at radius 2 is 1.89 bits per heavy atom. The van der Waals surface area contributed by atoms with Crippen molar-refractivity contribution in [1.82, 2.24) is 0 Å². The molecule has 2 heteroatoms. The lowest BCUT2D eigenvalue weighted by Gasteiger charge is -2.30. The Morgan fingerprint density at radius 3 is 2.44 bits per heavy atom. The normalized spacial score (nSPS) is 11.6. The Balaban J connectivity index is 2.76. The van der Waals surface area contributed by atoms with Crippen LogP contribution in [-0.2, 0) is 4.43 Å². The summed E-state index contributed by atoms with van der Waals surface area (Å²) < 4.78 is 6.18. The second-order valence-corrected chi connectivity index (χ2v) is 9.61. The van der Waals surface area contributed by atoms with Crippen LogP contribution in [0.15, 0.2) is 43.0 Å². The molecule has 96 valence electrons. The second kappa shape index (κ2) is 6.04. The number of rotatable bonds is 4. The molecule has 0 aliphatic carbocycles. The zero-order valence-corrected chi connectivity index (χ0v) is 12.8. The first-order valence-corrected chi connectivity index (χ1v) is 9.35. The lowest BCUT2D eigenvalue weighted by Crippen LogP contribution is -2.39. The molecule has 0 N–H and O–H groups in total. The molecule has 1 nitrogen and oxygen atoms in total. The Bertz CT molecular complexity index is 449. The number of hydrogen-bond acceptors (Lipinski definition) is 1. The first-order chi connectivity index (χ1) is 8.35. The molecule has 18 heavy (non-hydrogen) atoms. The lowest BCUT2D eigenvalue weighted by atomic mass is 10.1. The fraction of sp³-hybridized carbons (Fsp3) is 0.375. The van der Waals surface area contributed by atoms with Crippen LogP contribution in [0, 0.1) is 11.8 Å². The van der Waals surface area contributed by atoms with Gasteiger partial charge in [-0.1, -0.05) is 36.1 Å². The summed E-state index contributed by atoms with van der Waals surface area (Å²) in [7, 11) is -1.70. The highest BCUT2D eigenvalue weighted by Crippen LogP contribution is 2.20. The number of hydrogen-bond donors (Lipinski definition) is 0. The minimum absolute atomic E-state index is 0.408. The Hall–Kier alpha value is -1.30. The molecular weight excluding hydrogens is 236 g/mol. The van der Waals surface area contributed by atoms with Crippen LogP contribution in [0.3, 0.4) is 0 Å². The van der Waals surface area contributed by atoms with Crippen molar-refractivity contribution in [2.24, 2.45) is 0 Å². The van der Waals surface area contributed by atoms with Crippen molar-refractivity contribution in [3.63, 3.8) is 0 Å². The van der Waals surface area contributed by atoms with E-state index in [9.17, 15) is 0 Å². The molecule has 0 aromatic heterocycles. The molecular formula is C16H22OSi. The highest BCUT2D eigenvalue weighted by molar-refractivity contribution is 6.71. The molecule has 0 aliphatic heterocycles. The van der Waals surface area contributed by atoms with E-state index in [0.717, 1.165) is 11.6 Å². The van der Waals surface area contributed by atoms with E-state index in [4.69, 9.17) is 4.43 Å². The molecule has 0 fully saturated rings. The summed E-state index contributed by atoms with van der Waals surface area (Å²) >= 11 is 0. The number of allylic oxidation sites excluding steroid dienone is 1. The molecule has 0 bridgehead atoms. The van der Waals surface area contributed by atoms with Crippen LogP contribution in [0.5, 0.6) is 0 Å². The fourth-order valence-electron chi connectivity index (χ4n) is 1.85. The fourth-order valence-corrected chi connectivity index (χ4v) is 4.06. The first-order valence-electron chi connectivity index (χ1n) is 6.24. The minimum Gasteiger partial charge on any atom is -0.401 e. The zero-order valence-electron chi connectivity index (χ0n) is 11.8. The van der Waals surface area contributed by atoms with Gasteiger partial charge in [-0.25, -0.2) is 0 Å². The van der Waals surface area contributed by atoms with Crippen molar-refractivity contribution in [3.8, 4) is 11.8 Å². The average Bonchev–Trinajstić information content (AvgIpc) is 2.26. The van der Waals surface area contributed by atoms with Gasteiger partial charge in [0.05, 0.1) is 0 Å². The molecule has 1 aromatic rings. The third kappa shape index (κ3) is 5.35. The van der Waals surface area contributed by atoms with Crippen molar-refractivity contribution < 1.29 is 4.43 Å². The third-order valence-corrected chi connectivity index (χ3v) is 4.78. The van der Waals surface area contributed by atoms with E-state index < -0.39 is 13.9 Å². The van der Waals surface area contributed by atoms with Crippen LogP contribution >= 0.6 is 0 Å². The summed E-state index contributed by atoms with van der Waals surface area (Å²) in [5, 5.41) is 0. The van der Waals surface area contributed by atoms with Crippen LogP contribution in [0.25, 0.3) is 0 Å². The van der Waals surface area contributed by atoms with Crippen LogP contribution in [0.4, 0.5) is 0 Å². The maximum absolute atomic E-state index is 6.18. The summed E-state index contributed by atoms with van der Waals surface area (Å²) in [6.07, 6.45) is 1.94. The number of benzene rings is 1. The Morgan fingerprint density at radius 1 is 1.28 bits per heavy atom. The highest BCUT2D eigenvalue weighted by atomic mass is 28.4. The van der Waals surface area contributed by atoms with Crippen LogP contribution in [0.2, 0.25) is 19.1 Å². The van der Waals surface area contributed by atoms with E-state index in [1.165, 1.54) is 0 Å². The molecule has 0 unspecified atom stereocenters. The first kappa shape index (κ1) is 14.8. The van der Waals surface area contributed by atoms with Gasteiger partial charge in [-0.3, -0.25) is 0 Å². The quantitative estimate of drug-likeness (QED) is 0.446. The van der Waals surface area contributed by atoms with Gasteiger partial charge in [-0.15, -0.1) is 6.58 Å². The molecule has 0 saturated carbocycles. The standard InChI is InChI=1S/C16H22OSi/c1-6-14-18(4,5)17-16(2,3)13-12-15-10-8-7-9-11-15/h6-11H,1,14H2,2-5H3. The predicted molar refractivity (Wildman–Crippen MR) is 81.0 cm³/mol. The molecule has 0 atom stereocenters. The summed E-state index contributed by atoms with van der Waals surface area (Å²) in [6, 6.07) is 10.9. The summed E-state index contributed by atoms with van der Waals surface area (Å²) in [5.41, 5.74) is 0.617. The van der Waals surface area contributed by atoms with Gasteiger partial charge in [-0.05, 0) is 45.1 Å². The van der Waals surface area contributed by atoms with Crippen molar-refractivity contribution in [3.05, 3.63) is 48.6 Å². The van der Waals surface area contributed by atoms with Gasteiger partial charge in [-0.2, -0.15) is 0 Å². The minimum atomic E-state index is -1.70.